The lowest BCUT2D eigenvalue weighted by Crippen LogP contribution is -2.30. The molecule has 25 heavy (non-hydrogen) atoms. The fourth-order valence-corrected chi connectivity index (χ4v) is 2.84. The van der Waals surface area contributed by atoms with E-state index in [4.69, 9.17) is 10.00 Å². The third-order valence-corrected chi connectivity index (χ3v) is 4.32. The molecule has 0 aliphatic heterocycles. The number of hydrogen-bond acceptors (Lipinski definition) is 5. The van der Waals surface area contributed by atoms with Crippen LogP contribution in [-0.4, -0.2) is 31.1 Å². The summed E-state index contributed by atoms with van der Waals surface area (Å²) in [4.78, 5) is 16.3. The zero-order valence-electron chi connectivity index (χ0n) is 14.0. The van der Waals surface area contributed by atoms with E-state index in [0.717, 1.165) is 12.2 Å². The zero-order chi connectivity index (χ0) is 17.6. The van der Waals surface area contributed by atoms with Gasteiger partial charge in [0.15, 0.2) is 0 Å². The quantitative estimate of drug-likeness (QED) is 0.758. The summed E-state index contributed by atoms with van der Waals surface area (Å²) in [6, 6.07) is 13.4. The van der Waals surface area contributed by atoms with Crippen LogP contribution in [0, 0.1) is 17.2 Å². The molecule has 0 bridgehead atoms. The summed E-state index contributed by atoms with van der Waals surface area (Å²) in [5.74, 6) is 1.77. The predicted molar refractivity (Wildman–Crippen MR) is 94.3 cm³/mol. The van der Waals surface area contributed by atoms with E-state index in [9.17, 15) is 4.79 Å². The number of pyridine rings is 1. The Morgan fingerprint density at radius 2 is 2.12 bits per heavy atom. The van der Waals surface area contributed by atoms with Gasteiger partial charge < -0.3 is 15.4 Å². The van der Waals surface area contributed by atoms with Crippen LogP contribution in [0.25, 0.3) is 0 Å². The van der Waals surface area contributed by atoms with Crippen molar-refractivity contribution in [1.29, 1.82) is 5.26 Å². The number of methoxy groups -OCH3 is 1. The van der Waals surface area contributed by atoms with E-state index in [0.29, 0.717) is 30.4 Å². The maximum atomic E-state index is 12.2. The number of amides is 1. The second kappa shape index (κ2) is 7.67. The third kappa shape index (κ3) is 4.07. The standard InChI is InChI=1S/C19H20N4O2/c1-25-15-6-4-13(5-7-15)16-11-17(16)19(24)23-10-9-22-18-14(12-20)3-2-8-21-18/h2-8,16-17H,9-11H2,1H3,(H,21,22)(H,23,24)/t16-,17+/m1/s1. The Morgan fingerprint density at radius 3 is 2.84 bits per heavy atom. The highest BCUT2D eigenvalue weighted by Gasteiger charge is 2.43. The van der Waals surface area contributed by atoms with Crippen molar-refractivity contribution in [1.82, 2.24) is 10.3 Å². The van der Waals surface area contributed by atoms with Crippen LogP contribution < -0.4 is 15.4 Å². The Bertz CT molecular complexity index is 783. The molecule has 2 aromatic rings. The predicted octanol–water partition coefficient (Wildman–Crippen LogP) is 2.29. The summed E-state index contributed by atoms with van der Waals surface area (Å²) < 4.78 is 5.15. The van der Waals surface area contributed by atoms with E-state index in [2.05, 4.69) is 21.7 Å². The lowest BCUT2D eigenvalue weighted by atomic mass is 10.1. The summed E-state index contributed by atoms with van der Waals surface area (Å²) in [7, 11) is 1.64. The molecule has 2 N–H and O–H groups in total. The SMILES string of the molecule is COc1ccc([C@H]2C[C@@H]2C(=O)NCCNc2ncccc2C#N)cc1. The fourth-order valence-electron chi connectivity index (χ4n) is 2.84. The van der Waals surface area contributed by atoms with Gasteiger partial charge in [-0.15, -0.1) is 0 Å². The van der Waals surface area contributed by atoms with E-state index in [-0.39, 0.29) is 11.8 Å². The van der Waals surface area contributed by atoms with Gasteiger partial charge >= 0.3 is 0 Å². The van der Waals surface area contributed by atoms with Crippen LogP contribution in [0.15, 0.2) is 42.6 Å². The number of nitrogens with one attached hydrogen (secondary N) is 2. The molecule has 6 heteroatoms. The van der Waals surface area contributed by atoms with Gasteiger partial charge in [-0.3, -0.25) is 4.79 Å². The summed E-state index contributed by atoms with van der Waals surface area (Å²) in [6.07, 6.45) is 2.51. The number of carbonyl (C=O) groups is 1. The molecule has 0 radical (unpaired) electrons. The number of nitriles is 1. The first-order chi connectivity index (χ1) is 12.2. The lowest BCUT2D eigenvalue weighted by molar-refractivity contribution is -0.122. The van der Waals surface area contributed by atoms with Gasteiger partial charge in [0, 0.05) is 25.2 Å². The van der Waals surface area contributed by atoms with Gasteiger partial charge in [0.1, 0.15) is 17.6 Å². The Kier molecular flexibility index (Phi) is 5.14. The maximum absolute atomic E-state index is 12.2. The number of aromatic nitrogens is 1. The molecule has 1 amide bonds. The number of nitrogens with zero attached hydrogens (tertiary/aromatic N) is 2. The normalized spacial score (nSPS) is 18.1. The van der Waals surface area contributed by atoms with Gasteiger partial charge in [-0.2, -0.15) is 5.26 Å². The van der Waals surface area contributed by atoms with Crippen molar-refractivity contribution in [3.8, 4) is 11.8 Å². The van der Waals surface area contributed by atoms with E-state index in [1.54, 1.807) is 25.4 Å². The summed E-state index contributed by atoms with van der Waals surface area (Å²) in [5, 5.41) is 15.0. The monoisotopic (exact) mass is 336 g/mol. The van der Waals surface area contributed by atoms with Gasteiger partial charge in [0.2, 0.25) is 5.91 Å². The van der Waals surface area contributed by atoms with E-state index < -0.39 is 0 Å². The van der Waals surface area contributed by atoms with E-state index in [1.165, 1.54) is 5.56 Å². The first-order valence-corrected chi connectivity index (χ1v) is 8.23. The molecule has 0 unspecified atom stereocenters. The Hall–Kier alpha value is -3.07. The lowest BCUT2D eigenvalue weighted by Gasteiger charge is -2.08. The second-order valence-electron chi connectivity index (χ2n) is 5.95. The van der Waals surface area contributed by atoms with Crippen LogP contribution >= 0.6 is 0 Å². The van der Waals surface area contributed by atoms with Crippen molar-refractivity contribution >= 4 is 11.7 Å². The van der Waals surface area contributed by atoms with E-state index >= 15 is 0 Å². The Labute approximate surface area is 146 Å². The smallest absolute Gasteiger partial charge is 0.223 e. The molecule has 0 spiro atoms. The van der Waals surface area contributed by atoms with Gasteiger partial charge in [0.05, 0.1) is 12.7 Å². The minimum Gasteiger partial charge on any atom is -0.497 e. The Morgan fingerprint density at radius 1 is 1.32 bits per heavy atom. The highest BCUT2D eigenvalue weighted by Crippen LogP contribution is 2.47. The van der Waals surface area contributed by atoms with Crippen molar-refractivity contribution in [3.63, 3.8) is 0 Å². The molecule has 1 fully saturated rings. The van der Waals surface area contributed by atoms with Crippen LogP contribution in [0.3, 0.4) is 0 Å². The number of anilines is 1. The highest BCUT2D eigenvalue weighted by molar-refractivity contribution is 5.82. The van der Waals surface area contributed by atoms with Crippen LogP contribution in [-0.2, 0) is 4.79 Å². The topological polar surface area (TPSA) is 87.0 Å². The van der Waals surface area contributed by atoms with E-state index in [1.807, 2.05) is 24.3 Å². The summed E-state index contributed by atoms with van der Waals surface area (Å²) >= 11 is 0. The van der Waals surface area contributed by atoms with Crippen LogP contribution in [0.5, 0.6) is 5.75 Å². The van der Waals surface area contributed by atoms with Crippen molar-refractivity contribution in [2.75, 3.05) is 25.5 Å². The molecule has 1 aliphatic carbocycles. The van der Waals surface area contributed by atoms with Gasteiger partial charge in [-0.05, 0) is 42.2 Å². The van der Waals surface area contributed by atoms with Crippen LogP contribution in [0.4, 0.5) is 5.82 Å². The Balaban J connectivity index is 1.42. The second-order valence-corrected chi connectivity index (χ2v) is 5.95. The molecule has 2 atom stereocenters. The molecule has 1 aliphatic rings. The fraction of sp³-hybridized carbons (Fsp3) is 0.316. The summed E-state index contributed by atoms with van der Waals surface area (Å²) in [5.41, 5.74) is 1.67. The number of carbonyl (C=O) groups excluding carboxylic acids is 1. The average Bonchev–Trinajstić information content (AvgIpc) is 3.46. The van der Waals surface area contributed by atoms with Crippen molar-refractivity contribution in [3.05, 3.63) is 53.7 Å². The third-order valence-electron chi connectivity index (χ3n) is 4.32. The minimum atomic E-state index is 0.0397. The minimum absolute atomic E-state index is 0.0397. The molecule has 1 saturated carbocycles. The molecule has 128 valence electrons. The number of benzene rings is 1. The number of hydrogen-bond donors (Lipinski definition) is 2. The van der Waals surface area contributed by atoms with Gasteiger partial charge in [0.25, 0.3) is 0 Å². The van der Waals surface area contributed by atoms with Crippen LogP contribution in [0.1, 0.15) is 23.5 Å². The molecular formula is C19H20N4O2. The van der Waals surface area contributed by atoms with Crippen LogP contribution in [0.2, 0.25) is 0 Å². The molecule has 0 saturated heterocycles. The summed E-state index contributed by atoms with van der Waals surface area (Å²) in [6.45, 7) is 1.02. The molecule has 6 nitrogen and oxygen atoms in total. The van der Waals surface area contributed by atoms with Crippen molar-refractivity contribution in [2.24, 2.45) is 5.92 Å². The first kappa shape index (κ1) is 16.8. The molecular weight excluding hydrogens is 316 g/mol. The highest BCUT2D eigenvalue weighted by atomic mass is 16.5. The van der Waals surface area contributed by atoms with Crippen molar-refractivity contribution < 1.29 is 9.53 Å². The largest absolute Gasteiger partial charge is 0.497 e. The average molecular weight is 336 g/mol. The molecule has 1 aromatic heterocycles. The maximum Gasteiger partial charge on any atom is 0.223 e. The molecule has 1 aromatic carbocycles. The zero-order valence-corrected chi connectivity index (χ0v) is 14.0. The molecule has 1 heterocycles. The van der Waals surface area contributed by atoms with Gasteiger partial charge in [-0.25, -0.2) is 4.98 Å². The van der Waals surface area contributed by atoms with Gasteiger partial charge in [-0.1, -0.05) is 12.1 Å². The number of ether oxygens (including phenoxy) is 1. The van der Waals surface area contributed by atoms with Crippen molar-refractivity contribution in [2.45, 2.75) is 12.3 Å². The molecule has 3 rings (SSSR count). The number of rotatable bonds is 7. The first-order valence-electron chi connectivity index (χ1n) is 8.23.